The number of hydrogen-bond donors (Lipinski definition) is 1. The first kappa shape index (κ1) is 12.4. The molecule has 0 saturated heterocycles. The van der Waals surface area contributed by atoms with Crippen LogP contribution < -0.4 is 5.32 Å². The number of carbonyl (C=O) groups is 1. The predicted octanol–water partition coefficient (Wildman–Crippen LogP) is 0.811. The first-order valence-electron chi connectivity index (χ1n) is 4.61. The van der Waals surface area contributed by atoms with E-state index in [1.807, 2.05) is 13.1 Å². The van der Waals surface area contributed by atoms with E-state index in [-0.39, 0.29) is 11.9 Å². The molecule has 1 atom stereocenters. The molecule has 1 rings (SSSR count). The summed E-state index contributed by atoms with van der Waals surface area (Å²) >= 11 is 2.16. The molecule has 0 aliphatic carbocycles. The molecule has 6 heteroatoms. The van der Waals surface area contributed by atoms with Crippen molar-refractivity contribution >= 4 is 28.5 Å². The van der Waals surface area contributed by atoms with Gasteiger partial charge in [-0.15, -0.1) is 0 Å². The Hall–Kier alpha value is -0.630. The summed E-state index contributed by atoms with van der Waals surface area (Å²) in [6.07, 6.45) is 3.56. The maximum Gasteiger partial charge on any atom is 0.244 e. The van der Waals surface area contributed by atoms with E-state index in [1.165, 1.54) is 0 Å². The molecule has 1 amide bonds. The van der Waals surface area contributed by atoms with Crippen LogP contribution in [0, 0.1) is 3.57 Å². The van der Waals surface area contributed by atoms with E-state index in [2.05, 4.69) is 33.0 Å². The Kier molecular flexibility index (Phi) is 5.03. The second kappa shape index (κ2) is 6.06. The highest BCUT2D eigenvalue weighted by Gasteiger charge is 2.14. The van der Waals surface area contributed by atoms with Crippen LogP contribution in [0.2, 0.25) is 0 Å². The Morgan fingerprint density at radius 3 is 3.07 bits per heavy atom. The minimum absolute atomic E-state index is 0.0495. The fraction of sp³-hybridized carbons (Fsp3) is 0.556. The number of hydrogen-bond acceptors (Lipinski definition) is 3. The lowest BCUT2D eigenvalue weighted by Crippen LogP contribution is -2.33. The van der Waals surface area contributed by atoms with Crippen LogP contribution >= 0.6 is 22.6 Å². The van der Waals surface area contributed by atoms with Gasteiger partial charge < -0.3 is 10.1 Å². The molecule has 0 fully saturated rings. The zero-order chi connectivity index (χ0) is 11.3. The Morgan fingerprint density at radius 2 is 2.53 bits per heavy atom. The highest BCUT2D eigenvalue weighted by molar-refractivity contribution is 14.1. The average Bonchev–Trinajstić information content (AvgIpc) is 2.64. The zero-order valence-corrected chi connectivity index (χ0v) is 10.9. The molecular formula is C9H14IN3O2. The molecule has 0 radical (unpaired) electrons. The van der Waals surface area contributed by atoms with Crippen molar-refractivity contribution in [3.8, 4) is 0 Å². The van der Waals surface area contributed by atoms with Crippen LogP contribution in [-0.4, -0.2) is 35.9 Å². The smallest absolute Gasteiger partial charge is 0.244 e. The van der Waals surface area contributed by atoms with Crippen molar-refractivity contribution in [1.82, 2.24) is 15.1 Å². The quantitative estimate of drug-likeness (QED) is 0.645. The van der Waals surface area contributed by atoms with Crippen LogP contribution in [0.5, 0.6) is 0 Å². The maximum absolute atomic E-state index is 11.6. The average molecular weight is 323 g/mol. The van der Waals surface area contributed by atoms with Gasteiger partial charge in [0.15, 0.2) is 0 Å². The number of ether oxygens (including phenoxy) is 1. The third kappa shape index (κ3) is 3.78. The van der Waals surface area contributed by atoms with Gasteiger partial charge in [-0.05, 0) is 29.5 Å². The third-order valence-electron chi connectivity index (χ3n) is 1.95. The Bertz CT molecular complexity index is 327. The van der Waals surface area contributed by atoms with Gasteiger partial charge in [-0.2, -0.15) is 5.10 Å². The summed E-state index contributed by atoms with van der Waals surface area (Å²) in [5, 5.41) is 6.85. The molecular weight excluding hydrogens is 309 g/mol. The number of nitrogens with zero attached hydrogens (tertiary/aromatic N) is 2. The van der Waals surface area contributed by atoms with E-state index in [0.717, 1.165) is 3.57 Å². The molecule has 0 saturated carbocycles. The van der Waals surface area contributed by atoms with Gasteiger partial charge in [-0.3, -0.25) is 9.48 Å². The van der Waals surface area contributed by atoms with Gasteiger partial charge >= 0.3 is 0 Å². The zero-order valence-electron chi connectivity index (χ0n) is 8.74. The number of halogens is 1. The van der Waals surface area contributed by atoms with Crippen molar-refractivity contribution in [2.45, 2.75) is 13.0 Å². The van der Waals surface area contributed by atoms with Crippen molar-refractivity contribution in [3.05, 3.63) is 16.0 Å². The summed E-state index contributed by atoms with van der Waals surface area (Å²) in [5.74, 6) is -0.0495. The van der Waals surface area contributed by atoms with E-state index in [0.29, 0.717) is 13.2 Å². The van der Waals surface area contributed by atoms with E-state index < -0.39 is 0 Å². The number of amides is 1. The maximum atomic E-state index is 11.6. The van der Waals surface area contributed by atoms with Crippen LogP contribution in [0.3, 0.4) is 0 Å². The van der Waals surface area contributed by atoms with E-state index in [9.17, 15) is 4.79 Å². The molecule has 0 aliphatic rings. The van der Waals surface area contributed by atoms with Gasteiger partial charge in [0.2, 0.25) is 5.91 Å². The topological polar surface area (TPSA) is 56.1 Å². The van der Waals surface area contributed by atoms with Crippen molar-refractivity contribution in [2.75, 3.05) is 20.3 Å². The minimum atomic E-state index is -0.287. The van der Waals surface area contributed by atoms with Gasteiger partial charge in [0.25, 0.3) is 0 Å². The van der Waals surface area contributed by atoms with Crippen LogP contribution in [-0.2, 0) is 9.53 Å². The summed E-state index contributed by atoms with van der Waals surface area (Å²) in [6, 6.07) is -0.287. The van der Waals surface area contributed by atoms with E-state index in [1.54, 1.807) is 18.0 Å². The molecule has 0 bridgehead atoms. The molecule has 15 heavy (non-hydrogen) atoms. The molecule has 5 nitrogen and oxygen atoms in total. The molecule has 0 aliphatic heterocycles. The first-order valence-corrected chi connectivity index (χ1v) is 5.69. The summed E-state index contributed by atoms with van der Waals surface area (Å²) in [6.45, 7) is 2.86. The SMILES string of the molecule is COCCNC(=O)C(C)n1cc(I)cn1. The van der Waals surface area contributed by atoms with Gasteiger partial charge in [-0.1, -0.05) is 0 Å². The van der Waals surface area contributed by atoms with Crippen LogP contribution in [0.4, 0.5) is 0 Å². The van der Waals surface area contributed by atoms with Crippen molar-refractivity contribution in [3.63, 3.8) is 0 Å². The minimum Gasteiger partial charge on any atom is -0.383 e. The fourth-order valence-corrected chi connectivity index (χ4v) is 1.48. The molecule has 1 aromatic rings. The highest BCUT2D eigenvalue weighted by atomic mass is 127. The number of methoxy groups -OCH3 is 1. The molecule has 1 aromatic heterocycles. The number of nitrogens with one attached hydrogen (secondary N) is 1. The standard InChI is InChI=1S/C9H14IN3O2/c1-7(9(14)11-3-4-15-2)13-6-8(10)5-12-13/h5-7H,3-4H2,1-2H3,(H,11,14). The van der Waals surface area contributed by atoms with Crippen LogP contribution in [0.25, 0.3) is 0 Å². The molecule has 1 N–H and O–H groups in total. The number of aromatic nitrogens is 2. The largest absolute Gasteiger partial charge is 0.383 e. The molecule has 84 valence electrons. The van der Waals surface area contributed by atoms with Crippen molar-refractivity contribution < 1.29 is 9.53 Å². The molecule has 1 unspecified atom stereocenters. The predicted molar refractivity (Wildman–Crippen MR) is 64.5 cm³/mol. The second-order valence-corrected chi connectivity index (χ2v) is 4.34. The molecule has 0 spiro atoms. The number of carbonyl (C=O) groups excluding carboxylic acids is 1. The summed E-state index contributed by atoms with van der Waals surface area (Å²) in [5.41, 5.74) is 0. The van der Waals surface area contributed by atoms with Gasteiger partial charge in [0, 0.05) is 19.9 Å². The van der Waals surface area contributed by atoms with E-state index >= 15 is 0 Å². The van der Waals surface area contributed by atoms with Crippen molar-refractivity contribution in [2.24, 2.45) is 0 Å². The Labute approximate surface area is 102 Å². The fourth-order valence-electron chi connectivity index (χ4n) is 1.07. The first-order chi connectivity index (χ1) is 7.15. The Morgan fingerprint density at radius 1 is 1.80 bits per heavy atom. The van der Waals surface area contributed by atoms with E-state index in [4.69, 9.17) is 4.74 Å². The summed E-state index contributed by atoms with van der Waals surface area (Å²) < 4.78 is 7.50. The lowest BCUT2D eigenvalue weighted by Gasteiger charge is -2.12. The third-order valence-corrected chi connectivity index (χ3v) is 2.51. The van der Waals surface area contributed by atoms with Crippen LogP contribution in [0.1, 0.15) is 13.0 Å². The summed E-state index contributed by atoms with van der Waals surface area (Å²) in [4.78, 5) is 11.6. The highest BCUT2D eigenvalue weighted by Crippen LogP contribution is 2.08. The van der Waals surface area contributed by atoms with Gasteiger partial charge in [0.05, 0.1) is 16.4 Å². The van der Waals surface area contributed by atoms with Gasteiger partial charge in [0.1, 0.15) is 6.04 Å². The summed E-state index contributed by atoms with van der Waals surface area (Å²) in [7, 11) is 1.60. The number of rotatable bonds is 5. The normalized spacial score (nSPS) is 12.5. The lowest BCUT2D eigenvalue weighted by atomic mass is 10.3. The molecule has 1 heterocycles. The monoisotopic (exact) mass is 323 g/mol. The van der Waals surface area contributed by atoms with Crippen LogP contribution in [0.15, 0.2) is 12.4 Å². The lowest BCUT2D eigenvalue weighted by molar-refractivity contribution is -0.124. The van der Waals surface area contributed by atoms with Crippen molar-refractivity contribution in [1.29, 1.82) is 0 Å². The second-order valence-electron chi connectivity index (χ2n) is 3.10. The Balaban J connectivity index is 2.46. The molecule has 0 aromatic carbocycles. The van der Waals surface area contributed by atoms with Gasteiger partial charge in [-0.25, -0.2) is 0 Å².